The van der Waals surface area contributed by atoms with Crippen LogP contribution < -0.4 is 0 Å². The first kappa shape index (κ1) is 13.7. The normalized spacial score (nSPS) is 11.3. The Hall–Kier alpha value is -2.28. The van der Waals surface area contributed by atoms with Crippen molar-refractivity contribution in [2.45, 2.75) is 19.8 Å². The van der Waals surface area contributed by atoms with Crippen LogP contribution in [0.3, 0.4) is 0 Å². The Morgan fingerprint density at radius 1 is 1.24 bits per heavy atom. The zero-order valence-electron chi connectivity index (χ0n) is 11.8. The van der Waals surface area contributed by atoms with Crippen molar-refractivity contribution in [2.24, 2.45) is 7.05 Å². The molecule has 0 bridgehead atoms. The summed E-state index contributed by atoms with van der Waals surface area (Å²) in [4.78, 5) is 17.1. The second-order valence-corrected chi connectivity index (χ2v) is 5.27. The maximum Gasteiger partial charge on any atom is 0.278 e. The quantitative estimate of drug-likeness (QED) is 0.740. The minimum Gasteiger partial charge on any atom is -0.332 e. The molecule has 0 radical (unpaired) electrons. The summed E-state index contributed by atoms with van der Waals surface area (Å²) in [7, 11) is 1.85. The van der Waals surface area contributed by atoms with Crippen LogP contribution in [0.1, 0.15) is 25.6 Å². The lowest BCUT2D eigenvalue weighted by Crippen LogP contribution is -1.99. The Labute approximate surface area is 126 Å². The third kappa shape index (κ3) is 2.52. The van der Waals surface area contributed by atoms with E-state index in [1.54, 1.807) is 23.2 Å². The summed E-state index contributed by atoms with van der Waals surface area (Å²) in [6.07, 6.45) is 5.02. The van der Waals surface area contributed by atoms with Crippen LogP contribution in [0.15, 0.2) is 23.1 Å². The van der Waals surface area contributed by atoms with Gasteiger partial charge in [0.05, 0.1) is 11.2 Å². The van der Waals surface area contributed by atoms with Gasteiger partial charge in [0.25, 0.3) is 5.89 Å². The van der Waals surface area contributed by atoms with E-state index in [0.717, 1.165) is 0 Å². The first-order chi connectivity index (χ1) is 10.1. The molecule has 3 heterocycles. The van der Waals surface area contributed by atoms with Gasteiger partial charge >= 0.3 is 0 Å². The van der Waals surface area contributed by atoms with Gasteiger partial charge in [0, 0.05) is 25.4 Å². The number of aryl methyl sites for hydroxylation is 1. The van der Waals surface area contributed by atoms with E-state index in [9.17, 15) is 0 Å². The molecule has 0 unspecified atom stereocenters. The van der Waals surface area contributed by atoms with Gasteiger partial charge in [0.15, 0.2) is 11.5 Å². The highest BCUT2D eigenvalue weighted by Gasteiger charge is 2.18. The smallest absolute Gasteiger partial charge is 0.278 e. The van der Waals surface area contributed by atoms with Gasteiger partial charge in [-0.2, -0.15) is 4.98 Å². The second kappa shape index (κ2) is 5.25. The minimum absolute atomic E-state index is 0.179. The first-order valence-corrected chi connectivity index (χ1v) is 6.78. The Bertz CT molecular complexity index is 779. The van der Waals surface area contributed by atoms with Gasteiger partial charge in [0.2, 0.25) is 5.82 Å². The fraction of sp³-hybridized carbons (Fsp3) is 0.308. The molecule has 0 spiro atoms. The number of aromatic nitrogens is 6. The van der Waals surface area contributed by atoms with Gasteiger partial charge in [-0.05, 0) is 0 Å². The first-order valence-electron chi connectivity index (χ1n) is 6.40. The number of rotatable bonds is 3. The van der Waals surface area contributed by atoms with Crippen molar-refractivity contribution in [2.75, 3.05) is 0 Å². The third-order valence-corrected chi connectivity index (χ3v) is 3.21. The molecule has 8 heteroatoms. The van der Waals surface area contributed by atoms with Gasteiger partial charge < -0.3 is 9.09 Å². The van der Waals surface area contributed by atoms with Crippen molar-refractivity contribution in [3.05, 3.63) is 29.4 Å². The minimum atomic E-state index is 0.179. The second-order valence-electron chi connectivity index (χ2n) is 4.86. The highest BCUT2D eigenvalue weighted by molar-refractivity contribution is 6.32. The lowest BCUT2D eigenvalue weighted by molar-refractivity contribution is 0.430. The number of hydrogen-bond donors (Lipinski definition) is 0. The highest BCUT2D eigenvalue weighted by Crippen LogP contribution is 2.26. The highest BCUT2D eigenvalue weighted by atomic mass is 35.5. The summed E-state index contributed by atoms with van der Waals surface area (Å²) < 4.78 is 7.06. The van der Waals surface area contributed by atoms with Crippen molar-refractivity contribution < 1.29 is 4.52 Å². The van der Waals surface area contributed by atoms with Crippen LogP contribution in [0.25, 0.3) is 23.2 Å². The SMILES string of the molecule is CC(C)c1ncc(Cl)c(-c2nc(-c3nccn3C)no2)n1. The van der Waals surface area contributed by atoms with Crippen molar-refractivity contribution in [3.8, 4) is 23.2 Å². The van der Waals surface area contributed by atoms with E-state index >= 15 is 0 Å². The van der Waals surface area contributed by atoms with Gasteiger partial charge in [-0.3, -0.25) is 0 Å². The van der Waals surface area contributed by atoms with E-state index in [1.165, 1.54) is 0 Å². The van der Waals surface area contributed by atoms with Crippen molar-refractivity contribution in [1.29, 1.82) is 0 Å². The van der Waals surface area contributed by atoms with Crippen LogP contribution in [0.5, 0.6) is 0 Å². The molecule has 108 valence electrons. The monoisotopic (exact) mass is 304 g/mol. The Kier molecular flexibility index (Phi) is 3.42. The Balaban J connectivity index is 2.04. The molecule has 3 aromatic heterocycles. The fourth-order valence-electron chi connectivity index (χ4n) is 1.80. The summed E-state index contributed by atoms with van der Waals surface area (Å²) in [5.41, 5.74) is 0.434. The molecule has 0 aliphatic heterocycles. The van der Waals surface area contributed by atoms with E-state index in [1.807, 2.05) is 20.9 Å². The van der Waals surface area contributed by atoms with E-state index in [4.69, 9.17) is 16.1 Å². The molecule has 3 rings (SSSR count). The molecular formula is C13H13ClN6O. The number of imidazole rings is 1. The molecule has 0 atom stereocenters. The zero-order chi connectivity index (χ0) is 15.0. The molecule has 0 aliphatic carbocycles. The molecule has 21 heavy (non-hydrogen) atoms. The van der Waals surface area contributed by atoms with Crippen molar-refractivity contribution in [3.63, 3.8) is 0 Å². The van der Waals surface area contributed by atoms with Gasteiger partial charge in [-0.15, -0.1) is 0 Å². The van der Waals surface area contributed by atoms with Crippen molar-refractivity contribution in [1.82, 2.24) is 29.7 Å². The van der Waals surface area contributed by atoms with Gasteiger partial charge in [-0.25, -0.2) is 15.0 Å². The Morgan fingerprint density at radius 3 is 2.71 bits per heavy atom. The number of nitrogens with zero attached hydrogens (tertiary/aromatic N) is 6. The van der Waals surface area contributed by atoms with E-state index in [-0.39, 0.29) is 11.8 Å². The molecule has 0 aromatic carbocycles. The van der Waals surface area contributed by atoms with Crippen LogP contribution in [-0.4, -0.2) is 29.7 Å². The maximum atomic E-state index is 6.13. The average molecular weight is 305 g/mol. The lowest BCUT2D eigenvalue weighted by atomic mass is 10.2. The van der Waals surface area contributed by atoms with Crippen LogP contribution in [0.4, 0.5) is 0 Å². The van der Waals surface area contributed by atoms with Crippen molar-refractivity contribution >= 4 is 11.6 Å². The summed E-state index contributed by atoms with van der Waals surface area (Å²) in [5, 5.41) is 4.29. The molecule has 0 saturated heterocycles. The largest absolute Gasteiger partial charge is 0.332 e. The summed E-state index contributed by atoms with van der Waals surface area (Å²) in [5.74, 6) is 2.10. The molecule has 0 aliphatic rings. The van der Waals surface area contributed by atoms with Crippen LogP contribution in [0, 0.1) is 0 Å². The van der Waals surface area contributed by atoms with Crippen LogP contribution >= 0.6 is 11.6 Å². The molecule has 0 N–H and O–H groups in total. The van der Waals surface area contributed by atoms with E-state index in [2.05, 4.69) is 25.1 Å². The summed E-state index contributed by atoms with van der Waals surface area (Å²) in [6.45, 7) is 4.00. The van der Waals surface area contributed by atoms with Gasteiger partial charge in [-0.1, -0.05) is 30.6 Å². The fourth-order valence-corrected chi connectivity index (χ4v) is 1.97. The Morgan fingerprint density at radius 2 is 2.05 bits per heavy atom. The van der Waals surface area contributed by atoms with Gasteiger partial charge in [0.1, 0.15) is 5.82 Å². The molecule has 0 amide bonds. The topological polar surface area (TPSA) is 82.5 Å². The lowest BCUT2D eigenvalue weighted by Gasteiger charge is -2.04. The maximum absolute atomic E-state index is 6.13. The number of hydrogen-bond acceptors (Lipinski definition) is 6. The molecule has 0 fully saturated rings. The summed E-state index contributed by atoms with van der Waals surface area (Å²) >= 11 is 6.13. The zero-order valence-corrected chi connectivity index (χ0v) is 12.5. The molecule has 3 aromatic rings. The predicted molar refractivity (Wildman–Crippen MR) is 76.6 cm³/mol. The molecule has 7 nitrogen and oxygen atoms in total. The van der Waals surface area contributed by atoms with E-state index in [0.29, 0.717) is 28.2 Å². The predicted octanol–water partition coefficient (Wildman–Crippen LogP) is 2.70. The molecular weight excluding hydrogens is 292 g/mol. The van der Waals surface area contributed by atoms with E-state index < -0.39 is 0 Å². The molecule has 0 saturated carbocycles. The third-order valence-electron chi connectivity index (χ3n) is 2.93. The summed E-state index contributed by atoms with van der Waals surface area (Å²) in [6, 6.07) is 0. The number of halogens is 1. The van der Waals surface area contributed by atoms with Crippen LogP contribution in [-0.2, 0) is 7.05 Å². The standard InChI is InChI=1S/C13H13ClN6O/c1-7(2)10-16-6-8(14)9(17-10)13-18-11(19-21-13)12-15-4-5-20(12)3/h4-7H,1-3H3. The van der Waals surface area contributed by atoms with Crippen LogP contribution in [0.2, 0.25) is 5.02 Å². The average Bonchev–Trinajstić information content (AvgIpc) is 3.07.